The minimum atomic E-state index is -1.09. The van der Waals surface area contributed by atoms with Crippen LogP contribution in [0.3, 0.4) is 0 Å². The first-order chi connectivity index (χ1) is 26.3. The second-order valence-electron chi connectivity index (χ2n) is 14.6. The smallest absolute Gasteiger partial charge is 0.404 e. The van der Waals surface area contributed by atoms with Crippen molar-refractivity contribution in [3.8, 4) is 33.6 Å². The van der Waals surface area contributed by atoms with Crippen LogP contribution < -0.4 is 10.6 Å². The quantitative estimate of drug-likeness (QED) is 0.119. The van der Waals surface area contributed by atoms with Crippen LogP contribution in [0.15, 0.2) is 72.1 Å². The van der Waals surface area contributed by atoms with Crippen molar-refractivity contribution < 1.29 is 29.4 Å². The van der Waals surface area contributed by atoms with Crippen LogP contribution in [0, 0.1) is 0 Å². The third-order valence-electron chi connectivity index (χ3n) is 11.7. The number of H-pyrrole nitrogens is 2. The van der Waals surface area contributed by atoms with E-state index in [-0.39, 0.29) is 36.3 Å². The van der Waals surface area contributed by atoms with Gasteiger partial charge in [0.1, 0.15) is 23.5 Å². The number of hydrogen-bond acceptors (Lipinski definition) is 8. The maximum Gasteiger partial charge on any atom is 0.404 e. The van der Waals surface area contributed by atoms with Crippen LogP contribution in [0.5, 0.6) is 0 Å². The number of hydrogen-bond donors (Lipinski definition) is 6. The summed E-state index contributed by atoms with van der Waals surface area (Å²) in [7, 11) is 0. The Labute approximate surface area is 311 Å². The number of amides is 2. The van der Waals surface area contributed by atoms with Gasteiger partial charge in [-0.25, -0.2) is 29.1 Å². The first kappa shape index (κ1) is 35.3. The molecule has 2 aliphatic carbocycles. The normalized spacial score (nSPS) is 25.9. The predicted octanol–water partition coefficient (Wildman–Crippen LogP) is 5.52. The highest BCUT2D eigenvalue weighted by Crippen LogP contribution is 2.41. The van der Waals surface area contributed by atoms with Crippen molar-refractivity contribution in [3.63, 3.8) is 0 Å². The summed E-state index contributed by atoms with van der Waals surface area (Å²) in [4.78, 5) is 67.3. The summed E-state index contributed by atoms with van der Waals surface area (Å²) in [6.45, 7) is 1.50. The van der Waals surface area contributed by atoms with E-state index in [0.717, 1.165) is 84.1 Å². The molecule has 6 N–H and O–H groups in total. The van der Waals surface area contributed by atoms with E-state index >= 15 is 0 Å². The van der Waals surface area contributed by atoms with Gasteiger partial charge >= 0.3 is 12.2 Å². The SMILES string of the molecule is O=C=C1CCC(NC(=O)O)C1N1CCCC1c1ncc(-c2ccc(-c3ccc(-c4cnc(C5CCCN5[C@H]5C(=C=O)CC[C@@H]5NC(=O)O)[nH]4)cc3)cc2)[nH]1. The first-order valence-corrected chi connectivity index (χ1v) is 18.6. The van der Waals surface area contributed by atoms with Crippen LogP contribution in [-0.2, 0) is 9.59 Å². The fourth-order valence-electron chi connectivity index (χ4n) is 9.25. The van der Waals surface area contributed by atoms with Gasteiger partial charge in [0.05, 0.1) is 60.0 Å². The topological polar surface area (TPSA) is 197 Å². The number of carboxylic acid groups (broad SMARTS) is 2. The highest BCUT2D eigenvalue weighted by Gasteiger charge is 2.45. The number of nitrogens with one attached hydrogen (secondary N) is 4. The molecule has 4 heterocycles. The Bertz CT molecular complexity index is 1980. The zero-order chi connectivity index (χ0) is 37.3. The number of nitrogens with zero attached hydrogens (tertiary/aromatic N) is 4. The first-order valence-electron chi connectivity index (χ1n) is 18.6. The molecule has 4 fully saturated rings. The van der Waals surface area contributed by atoms with Crippen LogP contribution in [0.2, 0.25) is 0 Å². The Morgan fingerprint density at radius 3 is 1.39 bits per heavy atom. The lowest BCUT2D eigenvalue weighted by Gasteiger charge is -2.33. The van der Waals surface area contributed by atoms with E-state index in [0.29, 0.717) is 36.8 Å². The molecule has 8 rings (SSSR count). The van der Waals surface area contributed by atoms with E-state index < -0.39 is 12.2 Å². The van der Waals surface area contributed by atoms with E-state index in [1.165, 1.54) is 0 Å². The number of carbonyl (C=O) groups excluding carboxylic acids is 2. The summed E-state index contributed by atoms with van der Waals surface area (Å²) in [5.41, 5.74) is 7.08. The molecule has 4 unspecified atom stereocenters. The van der Waals surface area contributed by atoms with Gasteiger partial charge in [-0.2, -0.15) is 0 Å². The van der Waals surface area contributed by atoms with Crippen LogP contribution in [0.4, 0.5) is 9.59 Å². The summed E-state index contributed by atoms with van der Waals surface area (Å²) >= 11 is 0. The molecule has 14 heteroatoms. The lowest BCUT2D eigenvalue weighted by molar-refractivity contribution is 0.158. The number of aromatic nitrogens is 4. The van der Waals surface area contributed by atoms with Gasteiger partial charge in [0, 0.05) is 11.1 Å². The van der Waals surface area contributed by atoms with Crippen molar-refractivity contribution in [2.75, 3.05) is 13.1 Å². The van der Waals surface area contributed by atoms with E-state index in [1.807, 2.05) is 12.4 Å². The minimum absolute atomic E-state index is 0.0580. The molecule has 2 amide bonds. The molecular weight excluding hydrogens is 688 g/mol. The second-order valence-corrected chi connectivity index (χ2v) is 14.6. The lowest BCUT2D eigenvalue weighted by Crippen LogP contribution is -2.49. The summed E-state index contributed by atoms with van der Waals surface area (Å²) in [5.74, 6) is 5.78. The van der Waals surface area contributed by atoms with Crippen LogP contribution in [-0.4, -0.2) is 101 Å². The number of imidazole rings is 2. The largest absolute Gasteiger partial charge is 0.465 e. The Balaban J connectivity index is 0.940. The molecule has 0 spiro atoms. The van der Waals surface area contributed by atoms with E-state index in [4.69, 9.17) is 9.97 Å². The van der Waals surface area contributed by atoms with Crippen molar-refractivity contribution in [1.82, 2.24) is 40.4 Å². The third kappa shape index (κ3) is 6.76. The highest BCUT2D eigenvalue weighted by molar-refractivity contribution is 5.72. The minimum Gasteiger partial charge on any atom is -0.465 e. The Morgan fingerprint density at radius 1 is 0.630 bits per heavy atom. The molecule has 2 aromatic carbocycles. The van der Waals surface area contributed by atoms with Crippen LogP contribution in [0.1, 0.15) is 75.1 Å². The maximum atomic E-state index is 11.8. The number of aromatic amines is 2. The van der Waals surface area contributed by atoms with E-state index in [9.17, 15) is 29.4 Å². The van der Waals surface area contributed by atoms with E-state index in [1.54, 1.807) is 0 Å². The van der Waals surface area contributed by atoms with Gasteiger partial charge < -0.3 is 30.8 Å². The third-order valence-corrected chi connectivity index (χ3v) is 11.7. The van der Waals surface area contributed by atoms with Crippen LogP contribution in [0.25, 0.3) is 33.6 Å². The van der Waals surface area contributed by atoms with Gasteiger partial charge in [0.15, 0.2) is 0 Å². The van der Waals surface area contributed by atoms with Gasteiger partial charge in [-0.15, -0.1) is 0 Å². The Hall–Kier alpha value is -5.78. The molecule has 2 saturated heterocycles. The number of carbonyl (C=O) groups is 2. The zero-order valence-electron chi connectivity index (χ0n) is 29.6. The summed E-state index contributed by atoms with van der Waals surface area (Å²) in [6, 6.07) is 15.1. The maximum absolute atomic E-state index is 11.8. The fraction of sp³-hybridized carbons (Fsp3) is 0.400. The number of rotatable bonds is 9. The monoisotopic (exact) mass is 730 g/mol. The van der Waals surface area contributed by atoms with Crippen molar-refractivity contribution in [2.45, 2.75) is 87.6 Å². The molecule has 4 aliphatic rings. The fourth-order valence-corrected chi connectivity index (χ4v) is 9.25. The zero-order valence-corrected chi connectivity index (χ0v) is 29.6. The Morgan fingerprint density at radius 2 is 1.02 bits per heavy atom. The molecule has 2 aromatic heterocycles. The molecule has 54 heavy (non-hydrogen) atoms. The molecule has 2 aliphatic heterocycles. The Kier molecular flexibility index (Phi) is 9.74. The molecule has 6 atom stereocenters. The second kappa shape index (κ2) is 14.9. The van der Waals surface area contributed by atoms with Gasteiger partial charge in [0.2, 0.25) is 0 Å². The van der Waals surface area contributed by atoms with Crippen LogP contribution >= 0.6 is 0 Å². The molecule has 2 saturated carbocycles. The predicted molar refractivity (Wildman–Crippen MR) is 199 cm³/mol. The number of benzene rings is 2. The summed E-state index contributed by atoms with van der Waals surface area (Å²) in [6.07, 6.45) is 7.26. The van der Waals surface area contributed by atoms with Gasteiger partial charge in [0.25, 0.3) is 0 Å². The van der Waals surface area contributed by atoms with Crippen molar-refractivity contribution in [3.05, 3.63) is 83.7 Å². The molecular formula is C40H42N8O6. The molecule has 4 aromatic rings. The van der Waals surface area contributed by atoms with Gasteiger partial charge in [-0.3, -0.25) is 9.80 Å². The average Bonchev–Trinajstić information content (AvgIpc) is 4.03. The van der Waals surface area contributed by atoms with E-state index in [2.05, 4.69) is 90.8 Å². The lowest BCUT2D eigenvalue weighted by atomic mass is 10.0. The average molecular weight is 731 g/mol. The molecule has 14 nitrogen and oxygen atoms in total. The van der Waals surface area contributed by atoms with Crippen molar-refractivity contribution in [1.29, 1.82) is 0 Å². The highest BCUT2D eigenvalue weighted by atomic mass is 16.4. The number of likely N-dealkylation sites (tertiary alicyclic amines) is 2. The van der Waals surface area contributed by atoms with Gasteiger partial charge in [-0.05, 0) is 86.7 Å². The van der Waals surface area contributed by atoms with Crippen molar-refractivity contribution in [2.24, 2.45) is 0 Å². The molecule has 0 bridgehead atoms. The van der Waals surface area contributed by atoms with Gasteiger partial charge in [-0.1, -0.05) is 48.5 Å². The summed E-state index contributed by atoms with van der Waals surface area (Å²) < 4.78 is 0. The summed E-state index contributed by atoms with van der Waals surface area (Å²) in [5, 5.41) is 24.0. The molecule has 278 valence electrons. The van der Waals surface area contributed by atoms with Crippen molar-refractivity contribution >= 4 is 24.1 Å². The standard InChI is InChI=1S/C40H42N8O6/c49-21-27-13-15-29(45-39(51)52)35(27)47-17-1-3-33(47)37-41-19-31(43-37)25-9-5-23(6-10-25)24-7-11-26(12-8-24)32-20-42-38(44-32)34-4-2-18-48(34)36-28(22-50)14-16-30(36)46-40(53)54/h5-12,19-20,29-30,33-36,45-46H,1-4,13-18H2,(H,41,43)(H,42,44)(H,51,52)(H,53,54)/t29-,30?,33?,34?,35-,36?/m0/s1. The molecule has 0 radical (unpaired) electrons.